The first-order valence-electron chi connectivity index (χ1n) is 4.69. The average Bonchev–Trinajstić information content (AvgIpc) is 2.05. The van der Waals surface area contributed by atoms with E-state index in [4.69, 9.17) is 0 Å². The van der Waals surface area contributed by atoms with Gasteiger partial charge in [-0.1, -0.05) is 20.8 Å². The van der Waals surface area contributed by atoms with Crippen molar-refractivity contribution < 1.29 is 0 Å². The lowest BCUT2D eigenvalue weighted by atomic mass is 10.0. The fraction of sp³-hybridized carbons (Fsp3) is 1.00. The molecule has 0 aromatic heterocycles. The normalized spacial score (nSPS) is 27.8. The van der Waals surface area contributed by atoms with Crippen LogP contribution in [-0.2, 0) is 0 Å². The van der Waals surface area contributed by atoms with Gasteiger partial charge in [0.1, 0.15) is 0 Å². The molecule has 1 rings (SSSR count). The van der Waals surface area contributed by atoms with Crippen LogP contribution in [0.15, 0.2) is 0 Å². The van der Waals surface area contributed by atoms with Gasteiger partial charge in [0.25, 0.3) is 0 Å². The molecule has 1 N–H and O–H groups in total. The van der Waals surface area contributed by atoms with Crippen molar-refractivity contribution in [2.24, 2.45) is 5.92 Å². The van der Waals surface area contributed by atoms with Gasteiger partial charge in [0.05, 0.1) is 0 Å². The highest BCUT2D eigenvalue weighted by molar-refractivity contribution is 4.79. The van der Waals surface area contributed by atoms with Gasteiger partial charge >= 0.3 is 0 Å². The van der Waals surface area contributed by atoms with Gasteiger partial charge in [0.15, 0.2) is 0 Å². The minimum absolute atomic E-state index is 0.712. The molecule has 0 spiro atoms. The highest BCUT2D eigenvalue weighted by Crippen LogP contribution is 2.07. The number of piperazine rings is 1. The molecule has 0 aromatic rings. The van der Waals surface area contributed by atoms with E-state index in [0.717, 1.165) is 12.5 Å². The molecule has 0 unspecified atom stereocenters. The molecule has 0 bridgehead atoms. The second-order valence-electron chi connectivity index (χ2n) is 3.70. The summed E-state index contributed by atoms with van der Waals surface area (Å²) in [7, 11) is 0. The van der Waals surface area contributed by atoms with Gasteiger partial charge in [0.2, 0.25) is 0 Å². The molecule has 0 saturated carbocycles. The predicted molar refractivity (Wildman–Crippen MR) is 48.7 cm³/mol. The van der Waals surface area contributed by atoms with E-state index < -0.39 is 0 Å². The van der Waals surface area contributed by atoms with Crippen molar-refractivity contribution in [3.05, 3.63) is 0 Å². The minimum atomic E-state index is 0.712. The third-order valence-electron chi connectivity index (χ3n) is 2.54. The highest BCUT2D eigenvalue weighted by Gasteiger charge is 2.19. The van der Waals surface area contributed by atoms with E-state index in [1.54, 1.807) is 0 Å². The topological polar surface area (TPSA) is 15.3 Å². The molecule has 1 saturated heterocycles. The standard InChI is InChI=1S/C9H20N2/c1-4-11-6-5-10-9(7-11)8(2)3/h8-10H,4-7H2,1-3H3/t9-/m1/s1. The van der Waals surface area contributed by atoms with Gasteiger partial charge in [-0.2, -0.15) is 0 Å². The van der Waals surface area contributed by atoms with Crippen LogP contribution in [0.5, 0.6) is 0 Å². The summed E-state index contributed by atoms with van der Waals surface area (Å²) in [6.07, 6.45) is 0. The minimum Gasteiger partial charge on any atom is -0.311 e. The lowest BCUT2D eigenvalue weighted by Crippen LogP contribution is -2.52. The molecule has 2 nitrogen and oxygen atoms in total. The van der Waals surface area contributed by atoms with Crippen LogP contribution in [0.3, 0.4) is 0 Å². The predicted octanol–water partition coefficient (Wildman–Crippen LogP) is 0.936. The summed E-state index contributed by atoms with van der Waals surface area (Å²) in [6.45, 7) is 11.6. The summed E-state index contributed by atoms with van der Waals surface area (Å²) < 4.78 is 0. The number of rotatable bonds is 2. The molecule has 0 aliphatic carbocycles. The maximum absolute atomic E-state index is 3.54. The van der Waals surface area contributed by atoms with Crippen LogP contribution in [0.4, 0.5) is 0 Å². The fourth-order valence-electron chi connectivity index (χ4n) is 1.58. The fourth-order valence-corrected chi connectivity index (χ4v) is 1.58. The third kappa shape index (κ3) is 2.46. The molecule has 1 heterocycles. The van der Waals surface area contributed by atoms with Gasteiger partial charge in [0, 0.05) is 25.7 Å². The molecule has 1 fully saturated rings. The maximum atomic E-state index is 3.54. The Morgan fingerprint density at radius 3 is 2.82 bits per heavy atom. The second-order valence-corrected chi connectivity index (χ2v) is 3.70. The van der Waals surface area contributed by atoms with E-state index in [9.17, 15) is 0 Å². The zero-order chi connectivity index (χ0) is 8.27. The van der Waals surface area contributed by atoms with Crippen LogP contribution in [0.1, 0.15) is 20.8 Å². The first-order chi connectivity index (χ1) is 5.24. The van der Waals surface area contributed by atoms with Crippen LogP contribution in [0, 0.1) is 5.92 Å². The molecule has 0 amide bonds. The largest absolute Gasteiger partial charge is 0.311 e. The van der Waals surface area contributed by atoms with Crippen molar-refractivity contribution in [1.29, 1.82) is 0 Å². The van der Waals surface area contributed by atoms with Crippen LogP contribution in [0.25, 0.3) is 0 Å². The number of nitrogens with zero attached hydrogens (tertiary/aromatic N) is 1. The quantitative estimate of drug-likeness (QED) is 0.640. The molecule has 1 atom stereocenters. The van der Waals surface area contributed by atoms with Crippen molar-refractivity contribution >= 4 is 0 Å². The summed E-state index contributed by atoms with van der Waals surface area (Å²) in [5.41, 5.74) is 0. The van der Waals surface area contributed by atoms with E-state index in [0.29, 0.717) is 6.04 Å². The molecule has 2 heteroatoms. The van der Waals surface area contributed by atoms with E-state index in [1.165, 1.54) is 19.6 Å². The van der Waals surface area contributed by atoms with Crippen molar-refractivity contribution in [3.8, 4) is 0 Å². The monoisotopic (exact) mass is 156 g/mol. The summed E-state index contributed by atoms with van der Waals surface area (Å²) in [5, 5.41) is 3.54. The van der Waals surface area contributed by atoms with Crippen molar-refractivity contribution in [3.63, 3.8) is 0 Å². The smallest absolute Gasteiger partial charge is 0.0218 e. The Morgan fingerprint density at radius 2 is 2.27 bits per heavy atom. The maximum Gasteiger partial charge on any atom is 0.0218 e. The molecular formula is C9H20N2. The van der Waals surface area contributed by atoms with Gasteiger partial charge in [-0.15, -0.1) is 0 Å². The Hall–Kier alpha value is -0.0800. The van der Waals surface area contributed by atoms with Crippen molar-refractivity contribution in [1.82, 2.24) is 10.2 Å². The van der Waals surface area contributed by atoms with Gasteiger partial charge in [-0.05, 0) is 12.5 Å². The number of likely N-dealkylation sites (N-methyl/N-ethyl adjacent to an activating group) is 1. The summed E-state index contributed by atoms with van der Waals surface area (Å²) in [5.74, 6) is 0.768. The first kappa shape index (κ1) is 9.01. The Bertz CT molecular complexity index is 112. The Labute approximate surface area is 70.0 Å². The van der Waals surface area contributed by atoms with E-state index in [-0.39, 0.29) is 0 Å². The van der Waals surface area contributed by atoms with Gasteiger partial charge < -0.3 is 10.2 Å². The molecule has 66 valence electrons. The number of hydrogen-bond acceptors (Lipinski definition) is 2. The zero-order valence-electron chi connectivity index (χ0n) is 7.93. The molecule has 1 aliphatic rings. The lowest BCUT2D eigenvalue weighted by Gasteiger charge is -2.34. The average molecular weight is 156 g/mol. The summed E-state index contributed by atoms with van der Waals surface area (Å²) in [6, 6.07) is 0.712. The Morgan fingerprint density at radius 1 is 1.55 bits per heavy atom. The second kappa shape index (κ2) is 4.07. The molecule has 0 radical (unpaired) electrons. The van der Waals surface area contributed by atoms with Crippen LogP contribution < -0.4 is 5.32 Å². The third-order valence-corrected chi connectivity index (χ3v) is 2.54. The van der Waals surface area contributed by atoms with Crippen LogP contribution >= 0.6 is 0 Å². The number of hydrogen-bond donors (Lipinski definition) is 1. The van der Waals surface area contributed by atoms with Gasteiger partial charge in [-0.25, -0.2) is 0 Å². The van der Waals surface area contributed by atoms with E-state index >= 15 is 0 Å². The van der Waals surface area contributed by atoms with Gasteiger partial charge in [-0.3, -0.25) is 0 Å². The van der Waals surface area contributed by atoms with E-state index in [2.05, 4.69) is 31.0 Å². The molecular weight excluding hydrogens is 136 g/mol. The molecule has 11 heavy (non-hydrogen) atoms. The van der Waals surface area contributed by atoms with Crippen molar-refractivity contribution in [2.45, 2.75) is 26.8 Å². The molecule has 0 aromatic carbocycles. The SMILES string of the molecule is CCN1CCN[C@@H](C(C)C)C1. The number of nitrogens with one attached hydrogen (secondary N) is 1. The highest BCUT2D eigenvalue weighted by atomic mass is 15.2. The first-order valence-corrected chi connectivity index (χ1v) is 4.69. The van der Waals surface area contributed by atoms with Crippen LogP contribution in [0.2, 0.25) is 0 Å². The summed E-state index contributed by atoms with van der Waals surface area (Å²) >= 11 is 0. The zero-order valence-corrected chi connectivity index (χ0v) is 7.93. The summed E-state index contributed by atoms with van der Waals surface area (Å²) in [4.78, 5) is 2.52. The Balaban J connectivity index is 2.33. The van der Waals surface area contributed by atoms with E-state index in [1.807, 2.05) is 0 Å². The van der Waals surface area contributed by atoms with Crippen LogP contribution in [-0.4, -0.2) is 37.1 Å². The molecule has 1 aliphatic heterocycles. The lowest BCUT2D eigenvalue weighted by molar-refractivity contribution is 0.182. The Kier molecular flexibility index (Phi) is 3.34. The van der Waals surface area contributed by atoms with Crippen molar-refractivity contribution in [2.75, 3.05) is 26.2 Å².